The van der Waals surface area contributed by atoms with Crippen LogP contribution in [0.3, 0.4) is 0 Å². The van der Waals surface area contributed by atoms with Crippen molar-refractivity contribution >= 4 is 6.15 Å². The zero-order valence-electron chi connectivity index (χ0n) is 16.5. The number of nitrogens with zero attached hydrogens (tertiary/aromatic N) is 3. The van der Waals surface area contributed by atoms with Crippen LogP contribution in [0.2, 0.25) is 0 Å². The van der Waals surface area contributed by atoms with Gasteiger partial charge in [-0.1, -0.05) is 25.9 Å². The summed E-state index contributed by atoms with van der Waals surface area (Å²) in [7, 11) is 0. The minimum atomic E-state index is -1.09. The van der Waals surface area contributed by atoms with E-state index in [1.807, 2.05) is 27.7 Å². The van der Waals surface area contributed by atoms with Crippen molar-refractivity contribution in [3.8, 4) is 0 Å². The molecule has 11 nitrogen and oxygen atoms in total. The van der Waals surface area contributed by atoms with Gasteiger partial charge in [-0.25, -0.2) is 0 Å². The van der Waals surface area contributed by atoms with Gasteiger partial charge in [0, 0.05) is 29.2 Å². The highest BCUT2D eigenvalue weighted by molar-refractivity contribution is 5.20. The van der Waals surface area contributed by atoms with Gasteiger partial charge in [0.1, 0.15) is 6.10 Å². The molecular weight excluding hydrogens is 374 g/mol. The summed E-state index contributed by atoms with van der Waals surface area (Å²) >= 11 is 0. The van der Waals surface area contributed by atoms with Crippen LogP contribution >= 0.6 is 0 Å². The molecule has 0 radical (unpaired) electrons. The fourth-order valence-electron chi connectivity index (χ4n) is 3.27. The van der Waals surface area contributed by atoms with E-state index in [-0.39, 0.29) is 49.3 Å². The fraction of sp³-hybridized carbons (Fsp3) is 0.941. The Labute approximate surface area is 163 Å². The molecule has 2 heterocycles. The third-order valence-electron chi connectivity index (χ3n) is 5.12. The van der Waals surface area contributed by atoms with E-state index in [4.69, 9.17) is 34.1 Å². The number of azide groups is 1. The molecule has 2 aliphatic rings. The van der Waals surface area contributed by atoms with Gasteiger partial charge in [0.05, 0.1) is 31.5 Å². The van der Waals surface area contributed by atoms with E-state index < -0.39 is 24.8 Å². The van der Waals surface area contributed by atoms with Gasteiger partial charge in [0.15, 0.2) is 12.6 Å². The molecule has 0 spiro atoms. The molecule has 160 valence electrons. The summed E-state index contributed by atoms with van der Waals surface area (Å²) in [5.41, 5.74) is 8.31. The number of rotatable bonds is 6. The minimum absolute atomic E-state index is 0.0549. The normalized spacial score (nSPS) is 40.4. The van der Waals surface area contributed by atoms with Crippen LogP contribution < -0.4 is 0 Å². The Morgan fingerprint density at radius 3 is 2.39 bits per heavy atom. The number of aliphatic hydroxyl groups excluding tert-OH is 2. The second kappa shape index (κ2) is 12.1. The molecule has 2 aliphatic heterocycles. The quantitative estimate of drug-likeness (QED) is 0.285. The minimum Gasteiger partial charge on any atom is -0.390 e. The lowest BCUT2D eigenvalue weighted by atomic mass is 9.86. The van der Waals surface area contributed by atoms with Crippen molar-refractivity contribution in [3.05, 3.63) is 10.4 Å². The summed E-state index contributed by atoms with van der Waals surface area (Å²) in [4.78, 5) is 18.9. The van der Waals surface area contributed by atoms with Crippen LogP contribution in [-0.2, 0) is 28.5 Å². The average molecular weight is 403 g/mol. The van der Waals surface area contributed by atoms with E-state index in [9.17, 15) is 10.2 Å². The standard InChI is InChI=1S/C16H29N3O6.CO2/c1-8-7-23-16(13(21)12(8)20)25-14-9(2)11(4)24-15(10(14)3)22-6-5-18-19-17;2-1-3/h8-16,20-21H,5-7H2,1-4H3;/t8-,9-,10+,11?,12?,13+,14?,15-,16-;/m1./s1. The lowest BCUT2D eigenvalue weighted by Gasteiger charge is -2.46. The summed E-state index contributed by atoms with van der Waals surface area (Å²) in [5.74, 6) is -0.209. The van der Waals surface area contributed by atoms with Gasteiger partial charge in [-0.05, 0) is 12.5 Å². The summed E-state index contributed by atoms with van der Waals surface area (Å²) in [6, 6.07) is 0. The zero-order chi connectivity index (χ0) is 21.3. The van der Waals surface area contributed by atoms with Crippen LogP contribution in [0.15, 0.2) is 5.11 Å². The first-order valence-electron chi connectivity index (χ1n) is 9.18. The molecular formula is C17H29N3O8. The second-order valence-electron chi connectivity index (χ2n) is 7.10. The lowest BCUT2D eigenvalue weighted by molar-refractivity contribution is -0.321. The first kappa shape index (κ1) is 24.5. The van der Waals surface area contributed by atoms with E-state index in [1.165, 1.54) is 0 Å². The van der Waals surface area contributed by atoms with E-state index in [1.54, 1.807) is 0 Å². The summed E-state index contributed by atoms with van der Waals surface area (Å²) < 4.78 is 23.2. The Bertz CT molecular complexity index is 553. The highest BCUT2D eigenvalue weighted by atomic mass is 16.7. The van der Waals surface area contributed by atoms with Crippen molar-refractivity contribution in [3.63, 3.8) is 0 Å². The van der Waals surface area contributed by atoms with Crippen LogP contribution in [0, 0.1) is 17.8 Å². The molecule has 9 atom stereocenters. The number of aliphatic hydroxyl groups is 2. The van der Waals surface area contributed by atoms with Gasteiger partial charge >= 0.3 is 6.15 Å². The van der Waals surface area contributed by atoms with Gasteiger partial charge in [-0.3, -0.25) is 0 Å². The Balaban J connectivity index is 0.00000122. The predicted molar refractivity (Wildman–Crippen MR) is 93.4 cm³/mol. The number of hydrogen-bond acceptors (Lipinski definition) is 9. The largest absolute Gasteiger partial charge is 0.390 e. The monoisotopic (exact) mass is 403 g/mol. The molecule has 0 aromatic rings. The topological polar surface area (TPSA) is 160 Å². The van der Waals surface area contributed by atoms with Crippen LogP contribution in [-0.4, -0.2) is 73.1 Å². The summed E-state index contributed by atoms with van der Waals surface area (Å²) in [6.45, 7) is 8.52. The Hall–Kier alpha value is -1.55. The summed E-state index contributed by atoms with van der Waals surface area (Å²) in [6.07, 6.45) is -3.49. The van der Waals surface area contributed by atoms with E-state index >= 15 is 0 Å². The van der Waals surface area contributed by atoms with E-state index in [0.29, 0.717) is 6.61 Å². The SMILES string of the molecule is CC1O[C@@H](OCCN=[N+]=[N-])[C@@H](C)C(O[C@H]2OC[C@@H](C)C(O)[C@@H]2O)[C@@H]1C.O=C=O. The Morgan fingerprint density at radius 1 is 1.14 bits per heavy atom. The molecule has 11 heteroatoms. The molecule has 0 aromatic carbocycles. The molecule has 2 rings (SSSR count). The molecule has 0 amide bonds. The van der Waals surface area contributed by atoms with Gasteiger partial charge in [0.25, 0.3) is 0 Å². The van der Waals surface area contributed by atoms with Gasteiger partial charge < -0.3 is 29.2 Å². The molecule has 0 saturated carbocycles. The molecule has 2 saturated heterocycles. The van der Waals surface area contributed by atoms with Crippen molar-refractivity contribution in [2.24, 2.45) is 22.9 Å². The maximum absolute atomic E-state index is 10.2. The fourth-order valence-corrected chi connectivity index (χ4v) is 3.27. The Kier molecular flexibility index (Phi) is 10.6. The van der Waals surface area contributed by atoms with E-state index in [2.05, 4.69) is 10.0 Å². The van der Waals surface area contributed by atoms with Crippen LogP contribution in [0.25, 0.3) is 10.4 Å². The van der Waals surface area contributed by atoms with E-state index in [0.717, 1.165) is 0 Å². The molecule has 2 N–H and O–H groups in total. The zero-order valence-corrected chi connectivity index (χ0v) is 16.5. The first-order valence-corrected chi connectivity index (χ1v) is 9.18. The first-order chi connectivity index (χ1) is 13.3. The maximum Gasteiger partial charge on any atom is 0.373 e. The van der Waals surface area contributed by atoms with Crippen molar-refractivity contribution in [2.45, 2.75) is 64.7 Å². The van der Waals surface area contributed by atoms with Crippen LogP contribution in [0.5, 0.6) is 0 Å². The Morgan fingerprint density at radius 2 is 1.79 bits per heavy atom. The smallest absolute Gasteiger partial charge is 0.373 e. The number of carbonyl (C=O) groups excluding carboxylic acids is 2. The van der Waals surface area contributed by atoms with Gasteiger partial charge in [-0.15, -0.1) is 0 Å². The molecule has 0 bridgehead atoms. The van der Waals surface area contributed by atoms with Crippen LogP contribution in [0.1, 0.15) is 27.7 Å². The third-order valence-corrected chi connectivity index (χ3v) is 5.12. The number of ether oxygens (including phenoxy) is 4. The highest BCUT2D eigenvalue weighted by Crippen LogP contribution is 2.35. The van der Waals surface area contributed by atoms with Crippen molar-refractivity contribution in [1.29, 1.82) is 0 Å². The second-order valence-corrected chi connectivity index (χ2v) is 7.10. The lowest BCUT2D eigenvalue weighted by Crippen LogP contribution is -2.56. The predicted octanol–water partition coefficient (Wildman–Crippen LogP) is 0.846. The van der Waals surface area contributed by atoms with Crippen LogP contribution in [0.4, 0.5) is 0 Å². The van der Waals surface area contributed by atoms with Gasteiger partial charge in [-0.2, -0.15) is 9.59 Å². The molecule has 28 heavy (non-hydrogen) atoms. The molecule has 0 aliphatic carbocycles. The third kappa shape index (κ3) is 6.51. The summed E-state index contributed by atoms with van der Waals surface area (Å²) in [5, 5.41) is 23.7. The van der Waals surface area contributed by atoms with Crippen molar-refractivity contribution in [1.82, 2.24) is 0 Å². The number of hydrogen-bond donors (Lipinski definition) is 2. The highest BCUT2D eigenvalue weighted by Gasteiger charge is 2.45. The van der Waals surface area contributed by atoms with Crippen molar-refractivity contribution in [2.75, 3.05) is 19.8 Å². The maximum atomic E-state index is 10.2. The van der Waals surface area contributed by atoms with Crippen molar-refractivity contribution < 1.29 is 38.7 Å². The molecule has 0 aromatic heterocycles. The van der Waals surface area contributed by atoms with Gasteiger partial charge in [0.2, 0.25) is 0 Å². The average Bonchev–Trinajstić information content (AvgIpc) is 2.66. The molecule has 2 fully saturated rings. The molecule has 3 unspecified atom stereocenters.